The topological polar surface area (TPSA) is 33.2 Å². The summed E-state index contributed by atoms with van der Waals surface area (Å²) in [5.74, 6) is -0.120. The summed E-state index contributed by atoms with van der Waals surface area (Å²) in [6.07, 6.45) is 0.796. The molecule has 1 saturated heterocycles. The molecule has 92 valence electrons. The molecule has 1 fully saturated rings. The third-order valence-electron chi connectivity index (χ3n) is 3.32. The SMILES string of the molecule is Cc1ccc2cccnc2c1C(=O)N1CC(F)C1. The lowest BCUT2D eigenvalue weighted by Gasteiger charge is -2.34. The Morgan fingerprint density at radius 3 is 2.89 bits per heavy atom. The van der Waals surface area contributed by atoms with E-state index in [-0.39, 0.29) is 19.0 Å². The monoisotopic (exact) mass is 244 g/mol. The Kier molecular flexibility index (Phi) is 2.51. The number of halogens is 1. The smallest absolute Gasteiger partial charge is 0.256 e. The summed E-state index contributed by atoms with van der Waals surface area (Å²) in [6, 6.07) is 7.62. The number of carbonyl (C=O) groups excluding carboxylic acids is 1. The first-order valence-corrected chi connectivity index (χ1v) is 5.94. The van der Waals surface area contributed by atoms with Gasteiger partial charge in [0.2, 0.25) is 0 Å². The van der Waals surface area contributed by atoms with E-state index in [1.807, 2.05) is 31.2 Å². The number of pyridine rings is 1. The van der Waals surface area contributed by atoms with Crippen LogP contribution in [-0.4, -0.2) is 35.1 Å². The first-order chi connectivity index (χ1) is 8.66. The van der Waals surface area contributed by atoms with Crippen molar-refractivity contribution >= 4 is 16.8 Å². The van der Waals surface area contributed by atoms with Crippen molar-refractivity contribution < 1.29 is 9.18 Å². The van der Waals surface area contributed by atoms with Crippen LogP contribution >= 0.6 is 0 Å². The molecule has 2 aromatic rings. The van der Waals surface area contributed by atoms with Crippen LogP contribution in [0.3, 0.4) is 0 Å². The maximum atomic E-state index is 12.8. The number of fused-ring (bicyclic) bond motifs is 1. The predicted octanol–water partition coefficient (Wildman–Crippen LogP) is 2.34. The van der Waals surface area contributed by atoms with Crippen molar-refractivity contribution in [3.05, 3.63) is 41.6 Å². The van der Waals surface area contributed by atoms with Crippen LogP contribution in [0.2, 0.25) is 0 Å². The second kappa shape index (κ2) is 4.05. The van der Waals surface area contributed by atoms with Gasteiger partial charge in [0.1, 0.15) is 6.17 Å². The number of nitrogens with zero attached hydrogens (tertiary/aromatic N) is 2. The lowest BCUT2D eigenvalue weighted by molar-refractivity contribution is 0.0401. The molecule has 1 aromatic carbocycles. The molecule has 1 aliphatic heterocycles. The van der Waals surface area contributed by atoms with Crippen molar-refractivity contribution in [3.63, 3.8) is 0 Å². The number of aryl methyl sites for hydroxylation is 1. The first kappa shape index (κ1) is 11.1. The predicted molar refractivity (Wildman–Crippen MR) is 67.3 cm³/mol. The summed E-state index contributed by atoms with van der Waals surface area (Å²) in [4.78, 5) is 18.1. The normalized spacial score (nSPS) is 15.8. The van der Waals surface area contributed by atoms with Gasteiger partial charge in [0, 0.05) is 11.6 Å². The second-order valence-electron chi connectivity index (χ2n) is 4.64. The summed E-state index contributed by atoms with van der Waals surface area (Å²) in [6.45, 7) is 2.27. The molecular formula is C14H13FN2O. The fraction of sp³-hybridized carbons (Fsp3) is 0.286. The molecule has 0 spiro atoms. The number of carbonyl (C=O) groups is 1. The van der Waals surface area contributed by atoms with Crippen molar-refractivity contribution in [3.8, 4) is 0 Å². The molecule has 2 heterocycles. The molecule has 1 amide bonds. The molecule has 0 bridgehead atoms. The molecule has 0 radical (unpaired) electrons. The van der Waals surface area contributed by atoms with Crippen molar-refractivity contribution in [1.82, 2.24) is 9.88 Å². The van der Waals surface area contributed by atoms with E-state index in [2.05, 4.69) is 4.98 Å². The number of hydrogen-bond donors (Lipinski definition) is 0. The van der Waals surface area contributed by atoms with Crippen LogP contribution < -0.4 is 0 Å². The van der Waals surface area contributed by atoms with Gasteiger partial charge in [0.25, 0.3) is 5.91 Å². The number of alkyl halides is 1. The van der Waals surface area contributed by atoms with Gasteiger partial charge in [-0.1, -0.05) is 18.2 Å². The van der Waals surface area contributed by atoms with Gasteiger partial charge < -0.3 is 4.90 Å². The van der Waals surface area contributed by atoms with Crippen LogP contribution in [0, 0.1) is 6.92 Å². The van der Waals surface area contributed by atoms with Crippen LogP contribution in [0.4, 0.5) is 4.39 Å². The summed E-state index contributed by atoms with van der Waals surface area (Å²) in [7, 11) is 0. The first-order valence-electron chi connectivity index (χ1n) is 5.94. The van der Waals surface area contributed by atoms with E-state index in [0.717, 1.165) is 10.9 Å². The highest BCUT2D eigenvalue weighted by Crippen LogP contribution is 2.24. The van der Waals surface area contributed by atoms with Gasteiger partial charge in [0.05, 0.1) is 24.2 Å². The molecule has 3 nitrogen and oxygen atoms in total. The van der Waals surface area contributed by atoms with Crippen LogP contribution in [0.15, 0.2) is 30.5 Å². The Hall–Kier alpha value is -1.97. The minimum atomic E-state index is -0.878. The van der Waals surface area contributed by atoms with E-state index in [1.165, 1.54) is 4.90 Å². The lowest BCUT2D eigenvalue weighted by atomic mass is 10.0. The van der Waals surface area contributed by atoms with Crippen LogP contribution in [0.25, 0.3) is 10.9 Å². The highest BCUT2D eigenvalue weighted by molar-refractivity contribution is 6.07. The summed E-state index contributed by atoms with van der Waals surface area (Å²) < 4.78 is 12.8. The summed E-state index contributed by atoms with van der Waals surface area (Å²) in [5, 5.41) is 0.934. The molecule has 0 unspecified atom stereocenters. The molecule has 1 aromatic heterocycles. The summed E-state index contributed by atoms with van der Waals surface area (Å²) >= 11 is 0. The van der Waals surface area contributed by atoms with E-state index >= 15 is 0 Å². The van der Waals surface area contributed by atoms with E-state index < -0.39 is 6.17 Å². The molecule has 0 atom stereocenters. The third-order valence-corrected chi connectivity index (χ3v) is 3.32. The van der Waals surface area contributed by atoms with Gasteiger partial charge in [-0.2, -0.15) is 0 Å². The van der Waals surface area contributed by atoms with Crippen LogP contribution in [-0.2, 0) is 0 Å². The molecule has 4 heteroatoms. The Labute approximate surface area is 104 Å². The number of amides is 1. The molecule has 0 N–H and O–H groups in total. The fourth-order valence-electron chi connectivity index (χ4n) is 2.26. The van der Waals surface area contributed by atoms with Gasteiger partial charge in [-0.25, -0.2) is 4.39 Å². The van der Waals surface area contributed by atoms with E-state index in [4.69, 9.17) is 0 Å². The molecule has 1 aliphatic rings. The molecule has 18 heavy (non-hydrogen) atoms. The minimum Gasteiger partial charge on any atom is -0.333 e. The van der Waals surface area contributed by atoms with E-state index in [1.54, 1.807) is 6.20 Å². The number of hydrogen-bond acceptors (Lipinski definition) is 2. The highest BCUT2D eigenvalue weighted by Gasteiger charge is 2.32. The number of aromatic nitrogens is 1. The van der Waals surface area contributed by atoms with Crippen molar-refractivity contribution in [2.24, 2.45) is 0 Å². The number of likely N-dealkylation sites (tertiary alicyclic amines) is 1. The van der Waals surface area contributed by atoms with Gasteiger partial charge in [0.15, 0.2) is 0 Å². The second-order valence-corrected chi connectivity index (χ2v) is 4.64. The van der Waals surface area contributed by atoms with E-state index in [9.17, 15) is 9.18 Å². The van der Waals surface area contributed by atoms with Crippen molar-refractivity contribution in [2.45, 2.75) is 13.1 Å². The quantitative estimate of drug-likeness (QED) is 0.771. The Bertz CT molecular complexity index is 620. The molecular weight excluding hydrogens is 231 g/mol. The zero-order valence-corrected chi connectivity index (χ0v) is 10.1. The standard InChI is InChI=1S/C14H13FN2O/c1-9-4-5-10-3-2-6-16-13(10)12(9)14(18)17-7-11(15)8-17/h2-6,11H,7-8H2,1H3. The highest BCUT2D eigenvalue weighted by atomic mass is 19.1. The van der Waals surface area contributed by atoms with E-state index in [0.29, 0.717) is 11.1 Å². The van der Waals surface area contributed by atoms with Gasteiger partial charge >= 0.3 is 0 Å². The molecule has 0 aliphatic carbocycles. The number of benzene rings is 1. The average Bonchev–Trinajstić information content (AvgIpc) is 2.34. The zero-order chi connectivity index (χ0) is 12.7. The largest absolute Gasteiger partial charge is 0.333 e. The lowest BCUT2D eigenvalue weighted by Crippen LogP contribution is -2.51. The van der Waals surface area contributed by atoms with Gasteiger partial charge in [-0.15, -0.1) is 0 Å². The average molecular weight is 244 g/mol. The third kappa shape index (κ3) is 1.65. The maximum absolute atomic E-state index is 12.8. The minimum absolute atomic E-state index is 0.120. The fourth-order valence-corrected chi connectivity index (χ4v) is 2.26. The van der Waals surface area contributed by atoms with Crippen molar-refractivity contribution in [2.75, 3.05) is 13.1 Å². The Morgan fingerprint density at radius 2 is 2.17 bits per heavy atom. The van der Waals surface area contributed by atoms with Gasteiger partial charge in [-0.05, 0) is 18.6 Å². The van der Waals surface area contributed by atoms with Crippen LogP contribution in [0.5, 0.6) is 0 Å². The Balaban J connectivity index is 2.10. The maximum Gasteiger partial charge on any atom is 0.256 e. The Morgan fingerprint density at radius 1 is 1.39 bits per heavy atom. The molecule has 0 saturated carbocycles. The van der Waals surface area contributed by atoms with Crippen LogP contribution in [0.1, 0.15) is 15.9 Å². The van der Waals surface area contributed by atoms with Crippen molar-refractivity contribution in [1.29, 1.82) is 0 Å². The molecule has 3 rings (SSSR count). The van der Waals surface area contributed by atoms with Gasteiger partial charge in [-0.3, -0.25) is 9.78 Å². The number of rotatable bonds is 1. The summed E-state index contributed by atoms with van der Waals surface area (Å²) in [5.41, 5.74) is 2.18. The zero-order valence-electron chi connectivity index (χ0n) is 10.1.